The molecule has 1 rings (SSSR count). The van der Waals surface area contributed by atoms with E-state index in [1.165, 1.54) is 0 Å². The summed E-state index contributed by atoms with van der Waals surface area (Å²) in [6, 6.07) is 0. The van der Waals surface area contributed by atoms with E-state index in [0.29, 0.717) is 6.42 Å². The molecular weight excluding hydrogens is 217 g/mol. The van der Waals surface area contributed by atoms with Gasteiger partial charge in [0.25, 0.3) is 0 Å². The summed E-state index contributed by atoms with van der Waals surface area (Å²) in [5.41, 5.74) is -0.996. The fourth-order valence-electron chi connectivity index (χ4n) is 1.56. The number of hydrogen-bond donors (Lipinski definition) is 2. The van der Waals surface area contributed by atoms with Gasteiger partial charge in [0.1, 0.15) is 6.17 Å². The topological polar surface area (TPSA) is 70.0 Å². The first-order chi connectivity index (χ1) is 7.29. The molecule has 5 nitrogen and oxygen atoms in total. The molecule has 1 saturated heterocycles. The normalized spacial score (nSPS) is 26.9. The molecule has 6 heteroatoms. The number of carbonyl (C=O) groups is 1. The Morgan fingerprint density at radius 2 is 2.25 bits per heavy atom. The maximum atomic E-state index is 13.5. The minimum Gasteiger partial charge on any atom is -0.465 e. The van der Waals surface area contributed by atoms with Crippen molar-refractivity contribution in [3.05, 3.63) is 0 Å². The Morgan fingerprint density at radius 1 is 1.62 bits per heavy atom. The van der Waals surface area contributed by atoms with Crippen molar-refractivity contribution in [2.75, 3.05) is 19.7 Å². The molecule has 2 N–H and O–H groups in total. The molecule has 1 heterocycles. The number of ether oxygens (including phenoxy) is 1. The highest BCUT2D eigenvalue weighted by atomic mass is 19.1. The summed E-state index contributed by atoms with van der Waals surface area (Å²) in [5, 5.41) is 18.1. The smallest absolute Gasteiger partial charge is 0.407 e. The van der Waals surface area contributed by atoms with Crippen molar-refractivity contribution in [1.82, 2.24) is 4.90 Å². The van der Waals surface area contributed by atoms with Gasteiger partial charge in [0, 0.05) is 6.54 Å². The number of carboxylic acid groups (broad SMARTS) is 1. The van der Waals surface area contributed by atoms with Crippen LogP contribution in [-0.4, -0.2) is 58.8 Å². The zero-order chi connectivity index (χ0) is 12.3. The number of amides is 1. The van der Waals surface area contributed by atoms with Crippen LogP contribution in [0.15, 0.2) is 0 Å². The summed E-state index contributed by atoms with van der Waals surface area (Å²) in [4.78, 5) is 11.6. The number of halogens is 1. The molecule has 0 radical (unpaired) electrons. The van der Waals surface area contributed by atoms with E-state index in [2.05, 4.69) is 0 Å². The van der Waals surface area contributed by atoms with Crippen LogP contribution in [0.1, 0.15) is 20.3 Å². The highest BCUT2D eigenvalue weighted by Crippen LogP contribution is 2.18. The van der Waals surface area contributed by atoms with Crippen LogP contribution in [0.5, 0.6) is 0 Å². The van der Waals surface area contributed by atoms with Crippen molar-refractivity contribution >= 4 is 6.09 Å². The Kier molecular flexibility index (Phi) is 4.09. The summed E-state index contributed by atoms with van der Waals surface area (Å²) in [7, 11) is 0. The Morgan fingerprint density at radius 3 is 2.69 bits per heavy atom. The zero-order valence-electron chi connectivity index (χ0n) is 9.52. The van der Waals surface area contributed by atoms with Crippen LogP contribution in [0, 0.1) is 0 Å². The third-order valence-corrected chi connectivity index (χ3v) is 2.40. The molecule has 1 aliphatic heterocycles. The van der Waals surface area contributed by atoms with Gasteiger partial charge in [-0.15, -0.1) is 0 Å². The second-order valence-electron chi connectivity index (χ2n) is 4.70. The summed E-state index contributed by atoms with van der Waals surface area (Å²) in [6.07, 6.45) is -2.73. The lowest BCUT2D eigenvalue weighted by atomic mass is 10.1. The largest absolute Gasteiger partial charge is 0.465 e. The fraction of sp³-hybridized carbons (Fsp3) is 0.900. The van der Waals surface area contributed by atoms with E-state index in [9.17, 15) is 14.3 Å². The highest BCUT2D eigenvalue weighted by Gasteiger charge is 2.33. The molecule has 0 spiro atoms. The van der Waals surface area contributed by atoms with Gasteiger partial charge in [0.15, 0.2) is 0 Å². The lowest BCUT2D eigenvalue weighted by Crippen LogP contribution is -2.48. The van der Waals surface area contributed by atoms with Crippen LogP contribution in [0.25, 0.3) is 0 Å². The van der Waals surface area contributed by atoms with Gasteiger partial charge in [0.05, 0.1) is 24.9 Å². The monoisotopic (exact) mass is 235 g/mol. The van der Waals surface area contributed by atoms with E-state index < -0.39 is 24.0 Å². The van der Waals surface area contributed by atoms with Crippen LogP contribution in [0.2, 0.25) is 0 Å². The average molecular weight is 235 g/mol. The van der Waals surface area contributed by atoms with Gasteiger partial charge in [-0.1, -0.05) is 0 Å². The Balaban J connectivity index is 2.39. The molecule has 0 aromatic rings. The fourth-order valence-corrected chi connectivity index (χ4v) is 1.56. The SMILES string of the molecule is CC(C)(O)CO[C@@H]1CCN(C(=O)O)C[C@@H]1F. The van der Waals surface area contributed by atoms with E-state index >= 15 is 0 Å². The number of likely N-dealkylation sites (tertiary alicyclic amines) is 1. The van der Waals surface area contributed by atoms with Gasteiger partial charge in [0.2, 0.25) is 0 Å². The third kappa shape index (κ3) is 3.94. The Labute approximate surface area is 93.8 Å². The summed E-state index contributed by atoms with van der Waals surface area (Å²) in [6.45, 7) is 3.31. The van der Waals surface area contributed by atoms with E-state index in [0.717, 1.165) is 4.90 Å². The second kappa shape index (κ2) is 4.97. The van der Waals surface area contributed by atoms with E-state index in [1.54, 1.807) is 13.8 Å². The van der Waals surface area contributed by atoms with Crippen molar-refractivity contribution in [3.63, 3.8) is 0 Å². The quantitative estimate of drug-likeness (QED) is 0.761. The summed E-state index contributed by atoms with van der Waals surface area (Å²) >= 11 is 0. The number of piperidine rings is 1. The van der Waals surface area contributed by atoms with Gasteiger partial charge in [-0.2, -0.15) is 0 Å². The standard InChI is InChI=1S/C10H18FNO4/c1-10(2,15)6-16-8-3-4-12(9(13)14)5-7(8)11/h7-8,15H,3-6H2,1-2H3,(H,13,14)/t7-,8+/m0/s1. The molecule has 2 atom stereocenters. The minimum absolute atomic E-state index is 0.0468. The number of nitrogens with zero attached hydrogens (tertiary/aromatic N) is 1. The molecule has 1 aliphatic rings. The molecule has 0 aromatic heterocycles. The lowest BCUT2D eigenvalue weighted by molar-refractivity contribution is -0.0935. The molecule has 0 bridgehead atoms. The van der Waals surface area contributed by atoms with Gasteiger partial charge >= 0.3 is 6.09 Å². The van der Waals surface area contributed by atoms with Crippen molar-refractivity contribution in [2.45, 2.75) is 38.1 Å². The van der Waals surface area contributed by atoms with Gasteiger partial charge in [-0.25, -0.2) is 9.18 Å². The second-order valence-corrected chi connectivity index (χ2v) is 4.70. The molecule has 1 amide bonds. The van der Waals surface area contributed by atoms with Crippen LogP contribution < -0.4 is 0 Å². The van der Waals surface area contributed by atoms with Gasteiger partial charge in [-0.05, 0) is 20.3 Å². The van der Waals surface area contributed by atoms with Crippen LogP contribution in [0.3, 0.4) is 0 Å². The van der Waals surface area contributed by atoms with E-state index in [1.807, 2.05) is 0 Å². The van der Waals surface area contributed by atoms with Crippen molar-refractivity contribution in [1.29, 1.82) is 0 Å². The number of alkyl halides is 1. The van der Waals surface area contributed by atoms with Crippen LogP contribution in [0.4, 0.5) is 9.18 Å². The first-order valence-electron chi connectivity index (χ1n) is 5.25. The van der Waals surface area contributed by atoms with Crippen molar-refractivity contribution in [2.24, 2.45) is 0 Å². The molecule has 0 aromatic carbocycles. The first-order valence-corrected chi connectivity index (χ1v) is 5.25. The predicted octanol–water partition coefficient (Wildman–Crippen LogP) is 0.864. The van der Waals surface area contributed by atoms with Gasteiger partial charge < -0.3 is 19.8 Å². The van der Waals surface area contributed by atoms with Gasteiger partial charge in [-0.3, -0.25) is 0 Å². The molecular formula is C10H18FNO4. The maximum Gasteiger partial charge on any atom is 0.407 e. The molecule has 0 saturated carbocycles. The van der Waals surface area contributed by atoms with Crippen LogP contribution >= 0.6 is 0 Å². The minimum atomic E-state index is -1.33. The average Bonchev–Trinajstić information content (AvgIpc) is 2.14. The van der Waals surface area contributed by atoms with Crippen molar-refractivity contribution in [3.8, 4) is 0 Å². The third-order valence-electron chi connectivity index (χ3n) is 2.40. The van der Waals surface area contributed by atoms with E-state index in [4.69, 9.17) is 9.84 Å². The maximum absolute atomic E-state index is 13.5. The molecule has 1 fully saturated rings. The number of aliphatic hydroxyl groups is 1. The number of rotatable bonds is 3. The summed E-state index contributed by atoms with van der Waals surface area (Å²) < 4.78 is 18.8. The zero-order valence-corrected chi connectivity index (χ0v) is 9.52. The van der Waals surface area contributed by atoms with Crippen LogP contribution in [-0.2, 0) is 4.74 Å². The highest BCUT2D eigenvalue weighted by molar-refractivity contribution is 5.65. The first kappa shape index (κ1) is 13.2. The molecule has 94 valence electrons. The lowest BCUT2D eigenvalue weighted by Gasteiger charge is -2.34. The van der Waals surface area contributed by atoms with Crippen molar-refractivity contribution < 1.29 is 24.1 Å². The number of hydrogen-bond acceptors (Lipinski definition) is 3. The molecule has 0 aliphatic carbocycles. The Hall–Kier alpha value is -0.880. The Bertz CT molecular complexity index is 254. The molecule has 16 heavy (non-hydrogen) atoms. The summed E-state index contributed by atoms with van der Waals surface area (Å²) in [5.74, 6) is 0. The molecule has 0 unspecified atom stereocenters. The van der Waals surface area contributed by atoms with E-state index in [-0.39, 0.29) is 19.7 Å². The predicted molar refractivity (Wildman–Crippen MR) is 55.1 cm³/mol.